The highest BCUT2D eigenvalue weighted by Gasteiger charge is 2.28. The van der Waals surface area contributed by atoms with Gasteiger partial charge in [-0.3, -0.25) is 14.5 Å². The number of ketones is 2. The monoisotopic (exact) mass is 478 g/mol. The molecule has 0 amide bonds. The first kappa shape index (κ1) is 22.9. The number of thiophene rings is 1. The molecule has 2 aromatic heterocycles. The summed E-state index contributed by atoms with van der Waals surface area (Å²) in [6, 6.07) is 11.7. The average Bonchev–Trinajstić information content (AvgIpc) is 3.47. The Morgan fingerprint density at radius 3 is 2.53 bits per heavy atom. The number of benzene rings is 1. The molecule has 0 bridgehead atoms. The number of hydrogen-bond donors (Lipinski definition) is 0. The lowest BCUT2D eigenvalue weighted by atomic mass is 9.88. The van der Waals surface area contributed by atoms with Crippen molar-refractivity contribution in [3.05, 3.63) is 69.2 Å². The normalized spacial score (nSPS) is 16.5. The Labute approximate surface area is 204 Å². The van der Waals surface area contributed by atoms with Gasteiger partial charge in [0.25, 0.3) is 0 Å². The van der Waals surface area contributed by atoms with E-state index in [-0.39, 0.29) is 17.5 Å². The van der Waals surface area contributed by atoms with Crippen molar-refractivity contribution in [3.63, 3.8) is 0 Å². The fraction of sp³-hybridized carbons (Fsp3) is 0.407. The molecular weight excluding hydrogens is 448 g/mol. The molecule has 1 aromatic carbocycles. The number of ether oxygens (including phenoxy) is 2. The summed E-state index contributed by atoms with van der Waals surface area (Å²) in [6.07, 6.45) is 1.52. The zero-order valence-corrected chi connectivity index (χ0v) is 20.5. The van der Waals surface area contributed by atoms with Crippen LogP contribution in [0.3, 0.4) is 0 Å². The zero-order chi connectivity index (χ0) is 23.7. The molecule has 0 spiro atoms. The minimum absolute atomic E-state index is 0.0234. The summed E-state index contributed by atoms with van der Waals surface area (Å²) in [7, 11) is 0. The van der Waals surface area contributed by atoms with Crippen molar-refractivity contribution in [2.75, 3.05) is 32.8 Å². The van der Waals surface area contributed by atoms with Crippen LogP contribution < -0.4 is 9.47 Å². The number of aromatic nitrogens is 1. The molecule has 0 unspecified atom stereocenters. The second-order valence-electron chi connectivity index (χ2n) is 9.15. The standard InChI is InChI=1S/C27H30N2O4S/c1-18-14-23(19(2)29(18)16-22-4-3-13-34-22)24(30)17-28-9-7-20(8-10-28)27(31)21-5-6-25-26(15-21)33-12-11-32-25/h3-6,13-15,20H,7-12,16-17H2,1-2H3. The van der Waals surface area contributed by atoms with Crippen molar-refractivity contribution in [2.24, 2.45) is 5.92 Å². The lowest BCUT2D eigenvalue weighted by Crippen LogP contribution is -2.39. The molecule has 3 aromatic rings. The van der Waals surface area contributed by atoms with Crippen molar-refractivity contribution in [3.8, 4) is 11.5 Å². The number of carbonyl (C=O) groups excluding carboxylic acids is 2. The summed E-state index contributed by atoms with van der Waals surface area (Å²) in [5.41, 5.74) is 3.62. The van der Waals surface area contributed by atoms with Crippen LogP contribution in [0.1, 0.15) is 49.8 Å². The van der Waals surface area contributed by atoms with E-state index in [0.29, 0.717) is 36.8 Å². The molecule has 2 aliphatic heterocycles. The summed E-state index contributed by atoms with van der Waals surface area (Å²) in [4.78, 5) is 29.7. The van der Waals surface area contributed by atoms with E-state index in [0.717, 1.165) is 49.4 Å². The fourth-order valence-electron chi connectivity index (χ4n) is 4.96. The van der Waals surface area contributed by atoms with Crippen molar-refractivity contribution in [2.45, 2.75) is 33.2 Å². The van der Waals surface area contributed by atoms with Crippen molar-refractivity contribution < 1.29 is 19.1 Å². The third-order valence-corrected chi connectivity index (χ3v) is 7.78. The molecule has 178 valence electrons. The SMILES string of the molecule is Cc1cc(C(=O)CN2CCC(C(=O)c3ccc4c(c3)OCCO4)CC2)c(C)n1Cc1cccs1. The maximum atomic E-state index is 13.1. The molecule has 5 rings (SSSR count). The average molecular weight is 479 g/mol. The van der Waals surface area contributed by atoms with Gasteiger partial charge in [-0.2, -0.15) is 0 Å². The first-order valence-corrected chi connectivity index (χ1v) is 12.8. The van der Waals surface area contributed by atoms with Crippen molar-refractivity contribution in [1.29, 1.82) is 0 Å². The third-order valence-electron chi connectivity index (χ3n) is 6.92. The Bertz CT molecular complexity index is 1190. The summed E-state index contributed by atoms with van der Waals surface area (Å²) >= 11 is 1.73. The first-order valence-electron chi connectivity index (χ1n) is 11.9. The molecule has 1 fully saturated rings. The molecule has 0 aliphatic carbocycles. The number of rotatable bonds is 7. The molecule has 0 atom stereocenters. The van der Waals surface area contributed by atoms with Crippen LogP contribution in [0, 0.1) is 19.8 Å². The van der Waals surface area contributed by atoms with Gasteiger partial charge in [0, 0.05) is 33.3 Å². The van der Waals surface area contributed by atoms with Crippen LogP contribution >= 0.6 is 11.3 Å². The highest BCUT2D eigenvalue weighted by molar-refractivity contribution is 7.09. The van der Waals surface area contributed by atoms with Crippen LogP contribution in [0.2, 0.25) is 0 Å². The first-order chi connectivity index (χ1) is 16.5. The predicted octanol–water partition coefficient (Wildman–Crippen LogP) is 4.76. The fourth-order valence-corrected chi connectivity index (χ4v) is 5.65. The molecule has 7 heteroatoms. The van der Waals surface area contributed by atoms with E-state index in [4.69, 9.17) is 9.47 Å². The van der Waals surface area contributed by atoms with E-state index < -0.39 is 0 Å². The number of nitrogens with zero attached hydrogens (tertiary/aromatic N) is 2. The van der Waals surface area contributed by atoms with Gasteiger partial charge in [0.05, 0.1) is 13.1 Å². The van der Waals surface area contributed by atoms with Crippen molar-refractivity contribution >= 4 is 22.9 Å². The number of hydrogen-bond acceptors (Lipinski definition) is 6. The second kappa shape index (κ2) is 9.76. The number of Topliss-reactive ketones (excluding diaryl/α,β-unsaturated/α-hetero) is 2. The van der Waals surface area contributed by atoms with Crippen LogP contribution in [0.5, 0.6) is 11.5 Å². The maximum absolute atomic E-state index is 13.1. The Kier molecular flexibility index (Phi) is 6.57. The number of piperidine rings is 1. The highest BCUT2D eigenvalue weighted by atomic mass is 32.1. The maximum Gasteiger partial charge on any atom is 0.178 e. The van der Waals surface area contributed by atoms with Gasteiger partial charge in [0.15, 0.2) is 23.1 Å². The van der Waals surface area contributed by atoms with Gasteiger partial charge in [-0.25, -0.2) is 0 Å². The molecule has 6 nitrogen and oxygen atoms in total. The van der Waals surface area contributed by atoms with Gasteiger partial charge in [0.2, 0.25) is 0 Å². The summed E-state index contributed by atoms with van der Waals surface area (Å²) in [5, 5.41) is 2.08. The molecule has 4 heterocycles. The highest BCUT2D eigenvalue weighted by Crippen LogP contribution is 2.32. The smallest absolute Gasteiger partial charge is 0.178 e. The van der Waals surface area contributed by atoms with Crippen LogP contribution in [0.25, 0.3) is 0 Å². The quantitative estimate of drug-likeness (QED) is 0.458. The molecule has 2 aliphatic rings. The molecular formula is C27H30N2O4S. The predicted molar refractivity (Wildman–Crippen MR) is 133 cm³/mol. The van der Waals surface area contributed by atoms with Gasteiger partial charge in [-0.1, -0.05) is 6.07 Å². The van der Waals surface area contributed by atoms with Crippen LogP contribution in [-0.2, 0) is 6.54 Å². The minimum Gasteiger partial charge on any atom is -0.486 e. The van der Waals surface area contributed by atoms with E-state index in [1.54, 1.807) is 17.4 Å². The third kappa shape index (κ3) is 4.68. The van der Waals surface area contributed by atoms with Gasteiger partial charge in [-0.15, -0.1) is 11.3 Å². The molecule has 34 heavy (non-hydrogen) atoms. The summed E-state index contributed by atoms with van der Waals surface area (Å²) in [6.45, 7) is 7.84. The van der Waals surface area contributed by atoms with Crippen LogP contribution in [0.15, 0.2) is 41.8 Å². The Morgan fingerprint density at radius 2 is 1.79 bits per heavy atom. The molecule has 1 saturated heterocycles. The van der Waals surface area contributed by atoms with Crippen molar-refractivity contribution in [1.82, 2.24) is 9.47 Å². The summed E-state index contributed by atoms with van der Waals surface area (Å²) < 4.78 is 13.4. The van der Waals surface area contributed by atoms with E-state index in [2.05, 4.69) is 33.9 Å². The van der Waals surface area contributed by atoms with E-state index in [1.807, 2.05) is 25.1 Å². The second-order valence-corrected chi connectivity index (χ2v) is 10.2. The molecule has 0 radical (unpaired) electrons. The minimum atomic E-state index is -0.0234. The van der Waals surface area contributed by atoms with E-state index in [9.17, 15) is 9.59 Å². The number of likely N-dealkylation sites (tertiary alicyclic amines) is 1. The van der Waals surface area contributed by atoms with E-state index >= 15 is 0 Å². The Morgan fingerprint density at radius 1 is 1.03 bits per heavy atom. The van der Waals surface area contributed by atoms with Crippen LogP contribution in [-0.4, -0.2) is 53.9 Å². The van der Waals surface area contributed by atoms with Gasteiger partial charge in [0.1, 0.15) is 13.2 Å². The van der Waals surface area contributed by atoms with Gasteiger partial charge >= 0.3 is 0 Å². The Hall–Kier alpha value is -2.90. The largest absolute Gasteiger partial charge is 0.486 e. The number of aryl methyl sites for hydroxylation is 1. The van der Waals surface area contributed by atoms with Gasteiger partial charge in [-0.05, 0) is 75.5 Å². The lowest BCUT2D eigenvalue weighted by Gasteiger charge is -2.31. The molecule has 0 N–H and O–H groups in total. The lowest BCUT2D eigenvalue weighted by molar-refractivity contribution is 0.0804. The molecule has 0 saturated carbocycles. The van der Waals surface area contributed by atoms with Crippen LogP contribution in [0.4, 0.5) is 0 Å². The number of carbonyl (C=O) groups is 2. The topological polar surface area (TPSA) is 60.8 Å². The zero-order valence-electron chi connectivity index (χ0n) is 19.7. The van der Waals surface area contributed by atoms with E-state index in [1.165, 1.54) is 4.88 Å². The number of fused-ring (bicyclic) bond motifs is 1. The Balaban J connectivity index is 1.18. The van der Waals surface area contributed by atoms with Gasteiger partial charge < -0.3 is 14.0 Å². The summed E-state index contributed by atoms with van der Waals surface area (Å²) in [5.74, 6) is 1.63.